The number of nitrogens with one attached hydrogen (secondary N) is 1. The minimum atomic E-state index is -0.605. The molecule has 1 atom stereocenters. The molecule has 2 heterocycles. The predicted molar refractivity (Wildman–Crippen MR) is 124 cm³/mol. The summed E-state index contributed by atoms with van der Waals surface area (Å²) in [4.78, 5) is 32.4. The molecule has 2 aliphatic heterocycles. The van der Waals surface area contributed by atoms with Crippen molar-refractivity contribution in [3.05, 3.63) is 59.7 Å². The summed E-state index contributed by atoms with van der Waals surface area (Å²) in [7, 11) is 2.15. The summed E-state index contributed by atoms with van der Waals surface area (Å²) in [5, 5.41) is 3.08. The average molecular weight is 421 g/mol. The van der Waals surface area contributed by atoms with Crippen LogP contribution < -0.4 is 10.2 Å². The van der Waals surface area contributed by atoms with Gasteiger partial charge in [-0.2, -0.15) is 0 Å². The van der Waals surface area contributed by atoms with Gasteiger partial charge in [0, 0.05) is 50.5 Å². The van der Waals surface area contributed by atoms with Crippen LogP contribution in [-0.4, -0.2) is 61.4 Å². The van der Waals surface area contributed by atoms with Gasteiger partial charge in [0.2, 0.25) is 5.91 Å². The molecule has 1 unspecified atom stereocenters. The van der Waals surface area contributed by atoms with Crippen molar-refractivity contribution in [2.24, 2.45) is 0 Å². The lowest BCUT2D eigenvalue weighted by molar-refractivity contribution is -0.141. The Hall–Kier alpha value is -2.86. The van der Waals surface area contributed by atoms with Crippen LogP contribution in [0.4, 0.5) is 11.4 Å². The number of nitrogens with zero attached hydrogens (tertiary/aromatic N) is 3. The fourth-order valence-electron chi connectivity index (χ4n) is 4.55. The molecule has 0 bridgehead atoms. The molecule has 0 aliphatic carbocycles. The summed E-state index contributed by atoms with van der Waals surface area (Å²) in [6, 6.07) is 15.1. The van der Waals surface area contributed by atoms with E-state index in [1.807, 2.05) is 42.5 Å². The SMILES string of the molecule is Cc1cc(NC(=O)C(c2ccccc2)N2CCCCC2=O)ccc1N1CCN(C)CC1. The molecule has 2 aromatic rings. The second kappa shape index (κ2) is 9.52. The number of likely N-dealkylation sites (tertiary alicyclic amines) is 1. The predicted octanol–water partition coefficient (Wildman–Crippen LogP) is 3.44. The van der Waals surface area contributed by atoms with Gasteiger partial charge in [-0.1, -0.05) is 30.3 Å². The number of benzene rings is 2. The zero-order chi connectivity index (χ0) is 21.8. The van der Waals surface area contributed by atoms with Crippen molar-refractivity contribution < 1.29 is 9.59 Å². The van der Waals surface area contributed by atoms with Crippen LogP contribution in [0.2, 0.25) is 0 Å². The first-order valence-electron chi connectivity index (χ1n) is 11.2. The van der Waals surface area contributed by atoms with Gasteiger partial charge in [0.15, 0.2) is 0 Å². The van der Waals surface area contributed by atoms with E-state index in [1.165, 1.54) is 5.69 Å². The molecule has 0 aromatic heterocycles. The number of hydrogen-bond acceptors (Lipinski definition) is 4. The van der Waals surface area contributed by atoms with E-state index >= 15 is 0 Å². The van der Waals surface area contributed by atoms with Gasteiger partial charge >= 0.3 is 0 Å². The molecule has 2 aromatic carbocycles. The highest BCUT2D eigenvalue weighted by atomic mass is 16.2. The fraction of sp³-hybridized carbons (Fsp3) is 0.440. The third kappa shape index (κ3) is 4.90. The number of rotatable bonds is 5. The first-order valence-corrected chi connectivity index (χ1v) is 11.2. The number of carbonyl (C=O) groups excluding carboxylic acids is 2. The average Bonchev–Trinajstić information content (AvgIpc) is 2.77. The fourth-order valence-corrected chi connectivity index (χ4v) is 4.55. The molecular formula is C25H32N4O2. The summed E-state index contributed by atoms with van der Waals surface area (Å²) in [6.07, 6.45) is 2.34. The third-order valence-electron chi connectivity index (χ3n) is 6.34. The number of likely N-dealkylation sites (N-methyl/N-ethyl adjacent to an activating group) is 1. The standard InChI is InChI=1S/C25H32N4O2/c1-19-18-21(11-12-22(19)28-16-14-27(2)15-17-28)26-25(31)24(20-8-4-3-5-9-20)29-13-7-6-10-23(29)30/h3-5,8-9,11-12,18,24H,6-7,10,13-17H2,1-2H3,(H,26,31). The van der Waals surface area contributed by atoms with E-state index in [2.05, 4.69) is 35.2 Å². The van der Waals surface area contributed by atoms with E-state index in [1.54, 1.807) is 4.90 Å². The second-order valence-corrected chi connectivity index (χ2v) is 8.64. The smallest absolute Gasteiger partial charge is 0.251 e. The Kier molecular flexibility index (Phi) is 6.56. The Morgan fingerprint density at radius 2 is 1.71 bits per heavy atom. The van der Waals surface area contributed by atoms with E-state index in [0.717, 1.165) is 55.8 Å². The summed E-state index contributed by atoms with van der Waals surface area (Å²) in [5.41, 5.74) is 3.98. The van der Waals surface area contributed by atoms with Crippen molar-refractivity contribution in [3.63, 3.8) is 0 Å². The van der Waals surface area contributed by atoms with Gasteiger partial charge in [-0.15, -0.1) is 0 Å². The first-order chi connectivity index (χ1) is 15.0. The van der Waals surface area contributed by atoms with Crippen molar-refractivity contribution in [3.8, 4) is 0 Å². The van der Waals surface area contributed by atoms with Crippen LogP contribution in [-0.2, 0) is 9.59 Å². The number of carbonyl (C=O) groups is 2. The number of amides is 2. The van der Waals surface area contributed by atoms with Gasteiger partial charge < -0.3 is 20.0 Å². The maximum absolute atomic E-state index is 13.4. The molecule has 6 nitrogen and oxygen atoms in total. The molecule has 31 heavy (non-hydrogen) atoms. The molecule has 164 valence electrons. The molecular weight excluding hydrogens is 388 g/mol. The Bertz CT molecular complexity index is 922. The van der Waals surface area contributed by atoms with Crippen molar-refractivity contribution in [2.45, 2.75) is 32.2 Å². The summed E-state index contributed by atoms with van der Waals surface area (Å²) >= 11 is 0. The summed E-state index contributed by atoms with van der Waals surface area (Å²) in [6.45, 7) is 6.84. The zero-order valence-corrected chi connectivity index (χ0v) is 18.5. The van der Waals surface area contributed by atoms with Crippen molar-refractivity contribution in [2.75, 3.05) is 50.0 Å². The molecule has 0 saturated carbocycles. The van der Waals surface area contributed by atoms with Crippen LogP contribution in [0.15, 0.2) is 48.5 Å². The molecule has 2 amide bonds. The number of anilines is 2. The maximum atomic E-state index is 13.4. The van der Waals surface area contributed by atoms with Gasteiger partial charge in [0.25, 0.3) is 5.91 Å². The molecule has 2 saturated heterocycles. The van der Waals surface area contributed by atoms with E-state index < -0.39 is 6.04 Å². The largest absolute Gasteiger partial charge is 0.369 e. The van der Waals surface area contributed by atoms with E-state index in [-0.39, 0.29) is 11.8 Å². The Morgan fingerprint density at radius 3 is 2.39 bits per heavy atom. The van der Waals surface area contributed by atoms with Crippen LogP contribution >= 0.6 is 0 Å². The van der Waals surface area contributed by atoms with Gasteiger partial charge in [-0.25, -0.2) is 0 Å². The zero-order valence-electron chi connectivity index (χ0n) is 18.5. The first kappa shape index (κ1) is 21.4. The number of aryl methyl sites for hydroxylation is 1. The van der Waals surface area contributed by atoms with Crippen LogP contribution in [0.3, 0.4) is 0 Å². The van der Waals surface area contributed by atoms with Crippen molar-refractivity contribution in [1.29, 1.82) is 0 Å². The summed E-state index contributed by atoms with van der Waals surface area (Å²) in [5.74, 6) is -0.106. The van der Waals surface area contributed by atoms with Gasteiger partial charge in [0.05, 0.1) is 0 Å². The summed E-state index contributed by atoms with van der Waals surface area (Å²) < 4.78 is 0. The quantitative estimate of drug-likeness (QED) is 0.805. The monoisotopic (exact) mass is 420 g/mol. The topological polar surface area (TPSA) is 55.9 Å². The Morgan fingerprint density at radius 1 is 0.968 bits per heavy atom. The molecule has 2 aliphatic rings. The minimum Gasteiger partial charge on any atom is -0.369 e. The highest BCUT2D eigenvalue weighted by Gasteiger charge is 2.32. The van der Waals surface area contributed by atoms with Crippen LogP contribution in [0.1, 0.15) is 36.4 Å². The number of piperidine rings is 1. The van der Waals surface area contributed by atoms with E-state index in [4.69, 9.17) is 0 Å². The van der Waals surface area contributed by atoms with Crippen molar-refractivity contribution in [1.82, 2.24) is 9.80 Å². The normalized spacial score (nSPS) is 18.7. The second-order valence-electron chi connectivity index (χ2n) is 8.64. The van der Waals surface area contributed by atoms with Gasteiger partial charge in [0.1, 0.15) is 6.04 Å². The lowest BCUT2D eigenvalue weighted by Crippen LogP contribution is -2.44. The van der Waals surface area contributed by atoms with Crippen LogP contribution in [0.5, 0.6) is 0 Å². The minimum absolute atomic E-state index is 0.0526. The van der Waals surface area contributed by atoms with Crippen LogP contribution in [0, 0.1) is 6.92 Å². The maximum Gasteiger partial charge on any atom is 0.251 e. The van der Waals surface area contributed by atoms with Crippen LogP contribution in [0.25, 0.3) is 0 Å². The molecule has 0 spiro atoms. The lowest BCUT2D eigenvalue weighted by atomic mass is 10.00. The van der Waals surface area contributed by atoms with Crippen molar-refractivity contribution >= 4 is 23.2 Å². The molecule has 2 fully saturated rings. The number of piperazine rings is 1. The third-order valence-corrected chi connectivity index (χ3v) is 6.34. The van der Waals surface area contributed by atoms with Gasteiger partial charge in [-0.05, 0) is 56.1 Å². The number of hydrogen-bond donors (Lipinski definition) is 1. The van der Waals surface area contributed by atoms with Gasteiger partial charge in [-0.3, -0.25) is 9.59 Å². The highest BCUT2D eigenvalue weighted by Crippen LogP contribution is 2.29. The van der Waals surface area contributed by atoms with E-state index in [0.29, 0.717) is 13.0 Å². The Balaban J connectivity index is 1.53. The molecule has 4 rings (SSSR count). The van der Waals surface area contributed by atoms with E-state index in [9.17, 15) is 9.59 Å². The Labute approximate surface area is 184 Å². The lowest BCUT2D eigenvalue weighted by Gasteiger charge is -2.35. The molecule has 6 heteroatoms. The molecule has 0 radical (unpaired) electrons. The highest BCUT2D eigenvalue weighted by molar-refractivity contribution is 5.98. The molecule has 1 N–H and O–H groups in total.